The molecule has 2 N–H and O–H groups in total. The molecule has 7 nitrogen and oxygen atoms in total. The quantitative estimate of drug-likeness (QED) is 0.655. The molecular formula is C23H28FN5O2. The molecule has 1 aliphatic heterocycles. The third-order valence-corrected chi connectivity index (χ3v) is 5.89. The molecule has 0 radical (unpaired) electrons. The molecule has 0 aliphatic carbocycles. The highest BCUT2D eigenvalue weighted by Crippen LogP contribution is 2.35. The fraction of sp³-hybridized carbons (Fsp3) is 0.435. The maximum atomic E-state index is 13.8. The number of benzene rings is 1. The minimum Gasteiger partial charge on any atom is -0.394 e. The molecular weight excluding hydrogens is 397 g/mol. The first-order valence-corrected chi connectivity index (χ1v) is 10.6. The number of amides is 1. The molecule has 0 bridgehead atoms. The fourth-order valence-corrected chi connectivity index (χ4v) is 4.04. The van der Waals surface area contributed by atoms with Crippen molar-refractivity contribution in [2.75, 3.05) is 18.1 Å². The second-order valence-corrected chi connectivity index (χ2v) is 9.09. The number of nitrogens with one attached hydrogen (secondary N) is 1. The molecule has 1 saturated heterocycles. The Morgan fingerprint density at radius 1 is 1.32 bits per heavy atom. The van der Waals surface area contributed by atoms with Crippen molar-refractivity contribution < 1.29 is 14.3 Å². The van der Waals surface area contributed by atoms with Gasteiger partial charge in [-0.3, -0.25) is 4.79 Å². The Kier molecular flexibility index (Phi) is 5.66. The van der Waals surface area contributed by atoms with Crippen LogP contribution in [0.1, 0.15) is 55.7 Å². The summed E-state index contributed by atoms with van der Waals surface area (Å²) < 4.78 is 15.3. The summed E-state index contributed by atoms with van der Waals surface area (Å²) in [6.45, 7) is 6.51. The molecule has 3 heterocycles. The number of hydrogen-bond acceptors (Lipinski definition) is 5. The average Bonchev–Trinajstić information content (AvgIpc) is 3.37. The van der Waals surface area contributed by atoms with Gasteiger partial charge in [0.1, 0.15) is 11.6 Å². The van der Waals surface area contributed by atoms with E-state index in [2.05, 4.69) is 15.2 Å². The maximum absolute atomic E-state index is 13.8. The maximum Gasteiger partial charge on any atom is 0.271 e. The molecule has 1 aromatic carbocycles. The lowest BCUT2D eigenvalue weighted by Crippen LogP contribution is -2.46. The highest BCUT2D eigenvalue weighted by molar-refractivity contribution is 5.93. The second kappa shape index (κ2) is 8.26. The van der Waals surface area contributed by atoms with Crippen molar-refractivity contribution in [1.82, 2.24) is 19.9 Å². The van der Waals surface area contributed by atoms with E-state index in [1.165, 1.54) is 16.8 Å². The van der Waals surface area contributed by atoms with Crippen LogP contribution in [-0.4, -0.2) is 44.8 Å². The molecule has 2 atom stereocenters. The van der Waals surface area contributed by atoms with Gasteiger partial charge in [0.05, 0.1) is 24.9 Å². The monoisotopic (exact) mass is 425 g/mol. The molecule has 8 heteroatoms. The van der Waals surface area contributed by atoms with E-state index >= 15 is 0 Å². The number of aliphatic hydroxyl groups is 1. The highest BCUT2D eigenvalue weighted by atomic mass is 19.1. The molecule has 2 aromatic heterocycles. The number of imidazole rings is 1. The normalized spacial score (nSPS) is 17.8. The van der Waals surface area contributed by atoms with Crippen LogP contribution in [-0.2, 0) is 0 Å². The second-order valence-electron chi connectivity index (χ2n) is 9.09. The van der Waals surface area contributed by atoms with Crippen LogP contribution in [0, 0.1) is 11.2 Å². The summed E-state index contributed by atoms with van der Waals surface area (Å²) in [6, 6.07) is 10.0. The number of anilines is 1. The lowest BCUT2D eigenvalue weighted by atomic mass is 9.87. The summed E-state index contributed by atoms with van der Waals surface area (Å²) in [7, 11) is 0. The minimum absolute atomic E-state index is 0.0288. The molecule has 4 rings (SSSR count). The zero-order chi connectivity index (χ0) is 22.2. The number of hydrogen-bond donors (Lipinski definition) is 2. The van der Waals surface area contributed by atoms with Gasteiger partial charge in [-0.05, 0) is 48.1 Å². The lowest BCUT2D eigenvalue weighted by Gasteiger charge is -2.29. The largest absolute Gasteiger partial charge is 0.394 e. The molecule has 0 spiro atoms. The van der Waals surface area contributed by atoms with Gasteiger partial charge in [-0.2, -0.15) is 0 Å². The number of fused-ring (bicyclic) bond motifs is 1. The first-order valence-electron chi connectivity index (χ1n) is 10.6. The third-order valence-electron chi connectivity index (χ3n) is 5.89. The standard InChI is InChI=1S/C23H28FN5O2/c1-23(2,3)19(14-30)26-22(31)18-13-25-20-9-10-21(27-29(18)20)28-11-5-8-17(28)15-6-4-7-16(24)12-15/h4,6-7,9-10,12-13,17,19,30H,5,8,11,14H2,1-3H3,(H,26,31)/t17-,19-/m1/s1. The van der Waals surface area contributed by atoms with Crippen molar-refractivity contribution in [2.24, 2.45) is 5.41 Å². The van der Waals surface area contributed by atoms with Crippen LogP contribution in [0.3, 0.4) is 0 Å². The van der Waals surface area contributed by atoms with E-state index in [4.69, 9.17) is 5.10 Å². The first kappa shape index (κ1) is 21.2. The Labute approximate surface area is 180 Å². The van der Waals surface area contributed by atoms with Gasteiger partial charge in [-0.1, -0.05) is 32.9 Å². The zero-order valence-electron chi connectivity index (χ0n) is 18.0. The van der Waals surface area contributed by atoms with Gasteiger partial charge in [0.2, 0.25) is 0 Å². The molecule has 1 fully saturated rings. The topological polar surface area (TPSA) is 82.8 Å². The number of aromatic nitrogens is 3. The van der Waals surface area contributed by atoms with E-state index in [-0.39, 0.29) is 29.8 Å². The van der Waals surface area contributed by atoms with Gasteiger partial charge in [-0.15, -0.1) is 5.10 Å². The Balaban J connectivity index is 1.64. The predicted molar refractivity (Wildman–Crippen MR) is 117 cm³/mol. The smallest absolute Gasteiger partial charge is 0.271 e. The van der Waals surface area contributed by atoms with Crippen molar-refractivity contribution in [3.63, 3.8) is 0 Å². The van der Waals surface area contributed by atoms with E-state index in [0.717, 1.165) is 24.9 Å². The Morgan fingerprint density at radius 2 is 2.13 bits per heavy atom. The molecule has 1 amide bonds. The van der Waals surface area contributed by atoms with E-state index in [0.29, 0.717) is 17.2 Å². The highest BCUT2D eigenvalue weighted by Gasteiger charge is 2.29. The van der Waals surface area contributed by atoms with Crippen LogP contribution in [0.25, 0.3) is 5.65 Å². The van der Waals surface area contributed by atoms with Gasteiger partial charge in [0, 0.05) is 6.54 Å². The molecule has 0 unspecified atom stereocenters. The van der Waals surface area contributed by atoms with Crippen LogP contribution in [0.2, 0.25) is 0 Å². The Bertz CT molecular complexity index is 1090. The fourth-order valence-electron chi connectivity index (χ4n) is 4.04. The van der Waals surface area contributed by atoms with Crippen LogP contribution in [0.4, 0.5) is 10.2 Å². The van der Waals surface area contributed by atoms with E-state index in [9.17, 15) is 14.3 Å². The van der Waals surface area contributed by atoms with Crippen LogP contribution in [0.15, 0.2) is 42.6 Å². The Hall–Kier alpha value is -3.00. The average molecular weight is 426 g/mol. The predicted octanol–water partition coefficient (Wildman–Crippen LogP) is 3.35. The Morgan fingerprint density at radius 3 is 2.84 bits per heavy atom. The van der Waals surface area contributed by atoms with Crippen LogP contribution in [0.5, 0.6) is 0 Å². The lowest BCUT2D eigenvalue weighted by molar-refractivity contribution is 0.0841. The molecule has 31 heavy (non-hydrogen) atoms. The van der Waals surface area contributed by atoms with Gasteiger partial charge in [0.25, 0.3) is 5.91 Å². The first-order chi connectivity index (χ1) is 14.8. The number of aliphatic hydroxyl groups excluding tert-OH is 1. The number of halogens is 1. The third kappa shape index (κ3) is 4.25. The summed E-state index contributed by atoms with van der Waals surface area (Å²) in [5, 5.41) is 17.3. The zero-order valence-corrected chi connectivity index (χ0v) is 18.0. The van der Waals surface area contributed by atoms with E-state index < -0.39 is 6.04 Å². The van der Waals surface area contributed by atoms with Gasteiger partial charge < -0.3 is 15.3 Å². The van der Waals surface area contributed by atoms with Gasteiger partial charge in [0.15, 0.2) is 11.3 Å². The summed E-state index contributed by atoms with van der Waals surface area (Å²) in [4.78, 5) is 19.4. The van der Waals surface area contributed by atoms with E-state index in [1.54, 1.807) is 12.1 Å². The van der Waals surface area contributed by atoms with Crippen LogP contribution >= 0.6 is 0 Å². The number of carbonyl (C=O) groups excluding carboxylic acids is 1. The van der Waals surface area contributed by atoms with Crippen molar-refractivity contribution in [1.29, 1.82) is 0 Å². The summed E-state index contributed by atoms with van der Waals surface area (Å²) in [5.41, 5.74) is 1.49. The number of carbonyl (C=O) groups is 1. The molecule has 0 saturated carbocycles. The van der Waals surface area contributed by atoms with Crippen molar-refractivity contribution >= 4 is 17.4 Å². The van der Waals surface area contributed by atoms with Crippen LogP contribution < -0.4 is 10.2 Å². The SMILES string of the molecule is CC(C)(C)[C@@H](CO)NC(=O)c1cnc2ccc(N3CCC[C@@H]3c3cccc(F)c3)nn12. The summed E-state index contributed by atoms with van der Waals surface area (Å²) in [5.74, 6) is 0.119. The summed E-state index contributed by atoms with van der Waals surface area (Å²) >= 11 is 0. The molecule has 1 aliphatic rings. The van der Waals surface area contributed by atoms with Crippen molar-refractivity contribution in [3.8, 4) is 0 Å². The number of rotatable bonds is 5. The van der Waals surface area contributed by atoms with Gasteiger partial charge in [-0.25, -0.2) is 13.9 Å². The molecule has 3 aromatic rings. The molecule has 164 valence electrons. The minimum atomic E-state index is -0.398. The van der Waals surface area contributed by atoms with E-state index in [1.807, 2.05) is 39.0 Å². The summed E-state index contributed by atoms with van der Waals surface area (Å²) in [6.07, 6.45) is 3.37. The van der Waals surface area contributed by atoms with Crippen molar-refractivity contribution in [3.05, 3.63) is 59.7 Å². The number of nitrogens with zero attached hydrogens (tertiary/aromatic N) is 4. The van der Waals surface area contributed by atoms with Crippen molar-refractivity contribution in [2.45, 2.75) is 45.7 Å². The van der Waals surface area contributed by atoms with Gasteiger partial charge >= 0.3 is 0 Å².